The number of amides is 1. The fourth-order valence-corrected chi connectivity index (χ4v) is 5.75. The molecule has 0 saturated carbocycles. The van der Waals surface area contributed by atoms with Crippen LogP contribution in [0.5, 0.6) is 11.5 Å². The lowest BCUT2D eigenvalue weighted by molar-refractivity contribution is -0.124. The number of aliphatic hydroxyl groups excluding tert-OH is 1. The Hall–Kier alpha value is -3.34. The minimum atomic E-state index is -1.27. The van der Waals surface area contributed by atoms with Gasteiger partial charge in [0.1, 0.15) is 25.1 Å². The van der Waals surface area contributed by atoms with Crippen molar-refractivity contribution in [1.82, 2.24) is 10.2 Å². The number of fused-ring (bicyclic) bond motifs is 1. The molecule has 3 heterocycles. The molecule has 194 valence electrons. The summed E-state index contributed by atoms with van der Waals surface area (Å²) in [6.07, 6.45) is 1.08. The normalized spacial score (nSPS) is 17.7. The summed E-state index contributed by atoms with van der Waals surface area (Å²) in [5.74, 6) is 0.242. The van der Waals surface area contributed by atoms with Crippen LogP contribution < -0.4 is 14.8 Å². The number of nitrogens with one attached hydrogen (secondary N) is 1. The van der Waals surface area contributed by atoms with Crippen molar-refractivity contribution in [2.75, 3.05) is 32.8 Å². The van der Waals surface area contributed by atoms with Crippen LogP contribution in [0.25, 0.3) is 10.4 Å². The largest absolute Gasteiger partial charge is 0.486 e. The number of hydrogen-bond acceptors (Lipinski definition) is 8. The zero-order valence-electron chi connectivity index (χ0n) is 20.1. The highest BCUT2D eigenvalue weighted by Crippen LogP contribution is 2.35. The number of hydrogen-bond donors (Lipinski definition) is 2. The van der Waals surface area contributed by atoms with Gasteiger partial charge in [-0.2, -0.15) is 0 Å². The molecule has 3 atom stereocenters. The molecular weight excluding hydrogens is 497 g/mol. The number of likely N-dealkylation sites (tertiary alicyclic amines) is 1. The smallest absolute Gasteiger partial charge is 0.254 e. The molecule has 3 unspecified atom stereocenters. The van der Waals surface area contributed by atoms with E-state index in [4.69, 9.17) is 9.47 Å². The van der Waals surface area contributed by atoms with Crippen molar-refractivity contribution in [2.45, 2.75) is 31.0 Å². The van der Waals surface area contributed by atoms with Gasteiger partial charge >= 0.3 is 0 Å². The van der Waals surface area contributed by atoms with E-state index in [9.17, 15) is 19.2 Å². The van der Waals surface area contributed by atoms with Crippen LogP contribution in [0.2, 0.25) is 0 Å². The summed E-state index contributed by atoms with van der Waals surface area (Å²) in [6, 6.07) is 12.8. The third-order valence-electron chi connectivity index (χ3n) is 6.65. The molecular formula is C27H28FN3O5S. The van der Waals surface area contributed by atoms with Gasteiger partial charge in [-0.05, 0) is 73.5 Å². The van der Waals surface area contributed by atoms with Gasteiger partial charge in [0, 0.05) is 16.3 Å². The van der Waals surface area contributed by atoms with E-state index >= 15 is 0 Å². The van der Waals surface area contributed by atoms with Crippen molar-refractivity contribution >= 4 is 17.2 Å². The quantitative estimate of drug-likeness (QED) is 0.401. The predicted molar refractivity (Wildman–Crippen MR) is 138 cm³/mol. The Labute approximate surface area is 218 Å². The second-order valence-corrected chi connectivity index (χ2v) is 10.3. The van der Waals surface area contributed by atoms with Gasteiger partial charge in [0.05, 0.1) is 6.04 Å². The molecule has 0 radical (unpaired) electrons. The van der Waals surface area contributed by atoms with Gasteiger partial charge < -0.3 is 24.8 Å². The predicted octanol–water partition coefficient (Wildman–Crippen LogP) is 4.45. The Morgan fingerprint density at radius 1 is 1.05 bits per heavy atom. The number of nitrogens with zero attached hydrogens (tertiary/aromatic N) is 2. The molecule has 10 heteroatoms. The van der Waals surface area contributed by atoms with Crippen molar-refractivity contribution in [3.05, 3.63) is 75.8 Å². The van der Waals surface area contributed by atoms with E-state index in [1.54, 1.807) is 42.5 Å². The van der Waals surface area contributed by atoms with Crippen LogP contribution in [-0.4, -0.2) is 54.8 Å². The molecule has 5 rings (SSSR count). The summed E-state index contributed by atoms with van der Waals surface area (Å²) in [4.78, 5) is 28.6. The van der Waals surface area contributed by atoms with Crippen LogP contribution in [-0.2, 0) is 4.79 Å². The maximum absolute atomic E-state index is 13.3. The average Bonchev–Trinajstić information content (AvgIpc) is 3.61. The van der Waals surface area contributed by atoms with Crippen molar-refractivity contribution in [3.63, 3.8) is 0 Å². The average molecular weight is 526 g/mol. The second-order valence-electron chi connectivity index (χ2n) is 9.19. The molecule has 0 spiro atoms. The fraction of sp³-hybridized carbons (Fsp3) is 0.370. The number of rotatable bonds is 9. The number of aliphatic hydroxyl groups is 1. The first kappa shape index (κ1) is 25.3. The third-order valence-corrected chi connectivity index (χ3v) is 7.84. The van der Waals surface area contributed by atoms with E-state index in [1.807, 2.05) is 0 Å². The van der Waals surface area contributed by atoms with Gasteiger partial charge in [0.2, 0.25) is 6.04 Å². The summed E-state index contributed by atoms with van der Waals surface area (Å²) in [5, 5.41) is 17.3. The second kappa shape index (κ2) is 11.4. The van der Waals surface area contributed by atoms with Crippen LogP contribution in [0, 0.1) is 10.7 Å². The SMILES string of the molecule is O=NC(C(=O)NC(CN1CCCC1)C(O)c1ccc2c(c1)OCCO2)c1ccc(-c2ccc(F)cc2)s1. The van der Waals surface area contributed by atoms with Crippen LogP contribution in [0.4, 0.5) is 4.39 Å². The summed E-state index contributed by atoms with van der Waals surface area (Å²) in [6.45, 7) is 3.07. The fourth-order valence-electron chi connectivity index (χ4n) is 4.70. The highest BCUT2D eigenvalue weighted by Gasteiger charge is 2.32. The molecule has 1 aromatic heterocycles. The van der Waals surface area contributed by atoms with Crippen LogP contribution in [0.1, 0.15) is 35.4 Å². The lowest BCUT2D eigenvalue weighted by atomic mass is 10.0. The number of nitroso groups, excluding NO2 is 1. The van der Waals surface area contributed by atoms with Gasteiger partial charge in [-0.25, -0.2) is 4.39 Å². The zero-order chi connectivity index (χ0) is 25.8. The Morgan fingerprint density at radius 3 is 2.51 bits per heavy atom. The Bertz CT molecular complexity index is 1250. The highest BCUT2D eigenvalue weighted by atomic mass is 32.1. The van der Waals surface area contributed by atoms with E-state index in [2.05, 4.69) is 15.4 Å². The monoisotopic (exact) mass is 525 g/mol. The molecule has 1 saturated heterocycles. The van der Waals surface area contributed by atoms with Crippen LogP contribution >= 0.6 is 11.3 Å². The standard InChI is InChI=1S/C27H28FN3O5S/c28-19-6-3-17(4-7-19)23-9-10-24(37-23)25(30-34)27(33)29-20(16-31-11-1-2-12-31)26(32)18-5-8-21-22(15-18)36-14-13-35-21/h3-10,15,20,25-26,32H,1-2,11-14,16H2,(H,29,33). The van der Waals surface area contributed by atoms with Gasteiger partial charge in [0.15, 0.2) is 11.5 Å². The van der Waals surface area contributed by atoms with Gasteiger partial charge in [-0.3, -0.25) is 4.79 Å². The van der Waals surface area contributed by atoms with Gasteiger partial charge in [0.25, 0.3) is 5.91 Å². The summed E-state index contributed by atoms with van der Waals surface area (Å²) in [7, 11) is 0. The molecule has 0 aliphatic carbocycles. The van der Waals surface area contributed by atoms with E-state index in [-0.39, 0.29) is 5.82 Å². The summed E-state index contributed by atoms with van der Waals surface area (Å²) < 4.78 is 24.5. The molecule has 1 fully saturated rings. The number of halogens is 1. The molecule has 2 aliphatic rings. The number of carbonyl (C=O) groups excluding carboxylic acids is 1. The first-order valence-corrected chi connectivity index (χ1v) is 13.1. The van der Waals surface area contributed by atoms with Gasteiger partial charge in [-0.15, -0.1) is 16.2 Å². The molecule has 2 aliphatic heterocycles. The Kier molecular flexibility index (Phi) is 7.78. The van der Waals surface area contributed by atoms with Crippen molar-refractivity contribution in [1.29, 1.82) is 0 Å². The molecule has 1 amide bonds. The molecule has 0 bridgehead atoms. The minimum absolute atomic E-state index is 0.340. The first-order valence-electron chi connectivity index (χ1n) is 12.3. The number of thiophene rings is 1. The molecule has 2 aromatic carbocycles. The van der Waals surface area contributed by atoms with Crippen molar-refractivity contribution in [2.24, 2.45) is 5.18 Å². The number of carbonyl (C=O) groups is 1. The minimum Gasteiger partial charge on any atom is -0.486 e. The van der Waals surface area contributed by atoms with Crippen molar-refractivity contribution in [3.8, 4) is 21.9 Å². The number of ether oxygens (including phenoxy) is 2. The Morgan fingerprint density at radius 2 is 1.78 bits per heavy atom. The van der Waals surface area contributed by atoms with E-state index in [0.717, 1.165) is 36.4 Å². The number of benzene rings is 2. The molecule has 8 nitrogen and oxygen atoms in total. The van der Waals surface area contributed by atoms with Crippen molar-refractivity contribution < 1.29 is 23.8 Å². The van der Waals surface area contributed by atoms with E-state index in [1.165, 1.54) is 23.5 Å². The van der Waals surface area contributed by atoms with Crippen LogP contribution in [0.3, 0.4) is 0 Å². The maximum atomic E-state index is 13.3. The lowest BCUT2D eigenvalue weighted by Gasteiger charge is -2.30. The summed E-state index contributed by atoms with van der Waals surface area (Å²) >= 11 is 1.25. The maximum Gasteiger partial charge on any atom is 0.254 e. The van der Waals surface area contributed by atoms with E-state index in [0.29, 0.717) is 41.7 Å². The Balaban J connectivity index is 1.35. The van der Waals surface area contributed by atoms with E-state index < -0.39 is 24.1 Å². The molecule has 2 N–H and O–H groups in total. The van der Waals surface area contributed by atoms with Crippen LogP contribution in [0.15, 0.2) is 59.8 Å². The third kappa shape index (κ3) is 5.82. The molecule has 3 aromatic rings. The molecule has 37 heavy (non-hydrogen) atoms. The first-order chi connectivity index (χ1) is 18.0. The lowest BCUT2D eigenvalue weighted by Crippen LogP contribution is -2.47. The highest BCUT2D eigenvalue weighted by molar-refractivity contribution is 7.15. The zero-order valence-corrected chi connectivity index (χ0v) is 21.0. The van der Waals surface area contributed by atoms with Gasteiger partial charge in [-0.1, -0.05) is 23.4 Å². The summed E-state index contributed by atoms with van der Waals surface area (Å²) in [5.41, 5.74) is 1.36. The topological polar surface area (TPSA) is 100 Å².